The molecule has 0 fully saturated rings. The van der Waals surface area contributed by atoms with Crippen LogP contribution in [-0.2, 0) is 4.74 Å². The quantitative estimate of drug-likeness (QED) is 0.692. The molecule has 0 aromatic carbocycles. The zero-order valence-electron chi connectivity index (χ0n) is 7.35. The third-order valence-electron chi connectivity index (χ3n) is 2.12. The molecule has 0 aromatic rings. The first kappa shape index (κ1) is 9.12. The van der Waals surface area contributed by atoms with Crippen LogP contribution in [0.5, 0.6) is 0 Å². The number of ether oxygens (including phenoxy) is 1. The molecule has 2 aliphatic rings. The lowest BCUT2D eigenvalue weighted by molar-refractivity contribution is 0.201. The number of halogens is 1. The van der Waals surface area contributed by atoms with Gasteiger partial charge in [-0.1, -0.05) is 6.08 Å². The minimum absolute atomic E-state index is 0.781. The van der Waals surface area contributed by atoms with Gasteiger partial charge in [0.1, 0.15) is 12.4 Å². The van der Waals surface area contributed by atoms with E-state index in [-0.39, 0.29) is 0 Å². The first-order valence-corrected chi connectivity index (χ1v) is 5.58. The van der Waals surface area contributed by atoms with Crippen LogP contribution in [0.15, 0.2) is 33.3 Å². The van der Waals surface area contributed by atoms with E-state index in [1.54, 1.807) is 0 Å². The van der Waals surface area contributed by atoms with Crippen molar-refractivity contribution in [2.24, 2.45) is 0 Å². The van der Waals surface area contributed by atoms with E-state index in [9.17, 15) is 0 Å². The standard InChI is InChI=1S/C10H12INO/c11-8-2-1-3-9-10(5-4-8)13-7-6-12-9/h2,4-5,12H,1,3,6-7H2/b5-4-,8-2+. The Morgan fingerprint density at radius 2 is 2.31 bits per heavy atom. The van der Waals surface area contributed by atoms with Gasteiger partial charge in [-0.05, 0) is 47.6 Å². The van der Waals surface area contributed by atoms with Crippen LogP contribution in [0.4, 0.5) is 0 Å². The topological polar surface area (TPSA) is 21.3 Å². The van der Waals surface area contributed by atoms with E-state index in [0.29, 0.717) is 0 Å². The molecule has 70 valence electrons. The maximum absolute atomic E-state index is 5.57. The van der Waals surface area contributed by atoms with Crippen molar-refractivity contribution in [3.63, 3.8) is 0 Å². The predicted octanol–water partition coefficient (Wildman–Crippen LogP) is 2.49. The molecular weight excluding hydrogens is 277 g/mol. The molecule has 0 radical (unpaired) electrons. The smallest absolute Gasteiger partial charge is 0.138 e. The Morgan fingerprint density at radius 1 is 1.38 bits per heavy atom. The number of hydrogen-bond donors (Lipinski definition) is 1. The minimum atomic E-state index is 0.781. The molecule has 1 aliphatic carbocycles. The molecule has 0 unspecified atom stereocenters. The molecule has 0 bridgehead atoms. The van der Waals surface area contributed by atoms with Gasteiger partial charge in [0, 0.05) is 10.1 Å². The van der Waals surface area contributed by atoms with Gasteiger partial charge in [0.2, 0.25) is 0 Å². The summed E-state index contributed by atoms with van der Waals surface area (Å²) >= 11 is 2.34. The van der Waals surface area contributed by atoms with E-state index in [2.05, 4.69) is 46.1 Å². The summed E-state index contributed by atoms with van der Waals surface area (Å²) in [5.41, 5.74) is 1.25. The summed E-state index contributed by atoms with van der Waals surface area (Å²) in [5.74, 6) is 1.02. The SMILES string of the molecule is IC1=C/CCC2=C(/C=C\1)OCCN2. The van der Waals surface area contributed by atoms with Crippen molar-refractivity contribution in [3.8, 4) is 0 Å². The van der Waals surface area contributed by atoms with Crippen LogP contribution in [-0.4, -0.2) is 13.2 Å². The summed E-state index contributed by atoms with van der Waals surface area (Å²) in [5, 5.41) is 3.38. The van der Waals surface area contributed by atoms with Crippen LogP contribution >= 0.6 is 22.6 Å². The van der Waals surface area contributed by atoms with Crippen molar-refractivity contribution in [1.29, 1.82) is 0 Å². The molecule has 2 nitrogen and oxygen atoms in total. The Bertz CT molecular complexity index is 291. The lowest BCUT2D eigenvalue weighted by atomic mass is 10.1. The van der Waals surface area contributed by atoms with Crippen LogP contribution in [0.25, 0.3) is 0 Å². The summed E-state index contributed by atoms with van der Waals surface area (Å²) in [6.45, 7) is 1.72. The monoisotopic (exact) mass is 289 g/mol. The van der Waals surface area contributed by atoms with Crippen molar-refractivity contribution < 1.29 is 4.74 Å². The summed E-state index contributed by atoms with van der Waals surface area (Å²) in [6, 6.07) is 0. The zero-order valence-corrected chi connectivity index (χ0v) is 9.50. The van der Waals surface area contributed by atoms with Crippen LogP contribution in [0.3, 0.4) is 0 Å². The highest BCUT2D eigenvalue weighted by molar-refractivity contribution is 14.1. The Labute approximate surface area is 91.9 Å². The third kappa shape index (κ3) is 2.27. The molecule has 1 heterocycles. The van der Waals surface area contributed by atoms with Gasteiger partial charge < -0.3 is 10.1 Å². The predicted molar refractivity (Wildman–Crippen MR) is 61.5 cm³/mol. The largest absolute Gasteiger partial charge is 0.490 e. The van der Waals surface area contributed by atoms with Crippen molar-refractivity contribution >= 4 is 22.6 Å². The van der Waals surface area contributed by atoms with Crippen LogP contribution < -0.4 is 5.32 Å². The minimum Gasteiger partial charge on any atom is -0.490 e. The molecule has 1 N–H and O–H groups in total. The average molecular weight is 289 g/mol. The number of allylic oxidation sites excluding steroid dienone is 5. The van der Waals surface area contributed by atoms with Gasteiger partial charge in [-0.25, -0.2) is 0 Å². The molecule has 0 atom stereocenters. The molecule has 0 saturated carbocycles. The van der Waals surface area contributed by atoms with E-state index in [1.807, 2.05) is 0 Å². The van der Waals surface area contributed by atoms with Gasteiger partial charge >= 0.3 is 0 Å². The fraction of sp³-hybridized carbons (Fsp3) is 0.400. The summed E-state index contributed by atoms with van der Waals surface area (Å²) in [4.78, 5) is 0. The first-order chi connectivity index (χ1) is 6.36. The highest BCUT2D eigenvalue weighted by Gasteiger charge is 2.11. The zero-order chi connectivity index (χ0) is 9.10. The molecule has 0 saturated heterocycles. The van der Waals surface area contributed by atoms with Gasteiger partial charge in [-0.3, -0.25) is 0 Å². The molecule has 2 rings (SSSR count). The fourth-order valence-electron chi connectivity index (χ4n) is 1.48. The van der Waals surface area contributed by atoms with Crippen molar-refractivity contribution in [2.75, 3.05) is 13.2 Å². The lowest BCUT2D eigenvalue weighted by Crippen LogP contribution is -2.26. The second-order valence-corrected chi connectivity index (χ2v) is 4.32. The van der Waals surface area contributed by atoms with E-state index >= 15 is 0 Å². The summed E-state index contributed by atoms with van der Waals surface area (Å²) < 4.78 is 6.86. The van der Waals surface area contributed by atoms with Crippen molar-refractivity contribution in [2.45, 2.75) is 12.8 Å². The van der Waals surface area contributed by atoms with Gasteiger partial charge in [-0.2, -0.15) is 0 Å². The third-order valence-corrected chi connectivity index (χ3v) is 2.92. The Morgan fingerprint density at radius 3 is 3.23 bits per heavy atom. The summed E-state index contributed by atoms with van der Waals surface area (Å²) in [6.07, 6.45) is 8.56. The molecule has 0 amide bonds. The number of rotatable bonds is 0. The van der Waals surface area contributed by atoms with Crippen molar-refractivity contribution in [3.05, 3.63) is 33.3 Å². The molecule has 13 heavy (non-hydrogen) atoms. The molecular formula is C10H12INO. The van der Waals surface area contributed by atoms with Crippen LogP contribution in [0.1, 0.15) is 12.8 Å². The van der Waals surface area contributed by atoms with Gasteiger partial charge in [0.15, 0.2) is 0 Å². The van der Waals surface area contributed by atoms with Gasteiger partial charge in [0.25, 0.3) is 0 Å². The van der Waals surface area contributed by atoms with Crippen LogP contribution in [0.2, 0.25) is 0 Å². The number of nitrogens with one attached hydrogen (secondary N) is 1. The Hall–Kier alpha value is -0.450. The maximum Gasteiger partial charge on any atom is 0.138 e. The molecule has 1 aliphatic heterocycles. The average Bonchev–Trinajstić information content (AvgIpc) is 2.13. The second kappa shape index (κ2) is 4.17. The Kier molecular flexibility index (Phi) is 2.93. The highest BCUT2D eigenvalue weighted by atomic mass is 127. The molecule has 0 spiro atoms. The Balaban J connectivity index is 2.23. The highest BCUT2D eigenvalue weighted by Crippen LogP contribution is 2.21. The van der Waals surface area contributed by atoms with Gasteiger partial charge in [-0.15, -0.1) is 0 Å². The van der Waals surface area contributed by atoms with E-state index in [4.69, 9.17) is 4.74 Å². The summed E-state index contributed by atoms with van der Waals surface area (Å²) in [7, 11) is 0. The number of hydrogen-bond acceptors (Lipinski definition) is 2. The molecule has 3 heteroatoms. The van der Waals surface area contributed by atoms with E-state index in [1.165, 1.54) is 9.28 Å². The van der Waals surface area contributed by atoms with E-state index < -0.39 is 0 Å². The molecule has 0 aromatic heterocycles. The second-order valence-electron chi connectivity index (χ2n) is 3.08. The van der Waals surface area contributed by atoms with Gasteiger partial charge in [0.05, 0.1) is 5.70 Å². The normalized spacial score (nSPS) is 28.5. The van der Waals surface area contributed by atoms with E-state index in [0.717, 1.165) is 31.8 Å². The fourth-order valence-corrected chi connectivity index (χ4v) is 1.97. The first-order valence-electron chi connectivity index (χ1n) is 4.50. The maximum atomic E-state index is 5.57. The van der Waals surface area contributed by atoms with Crippen LogP contribution in [0, 0.1) is 0 Å². The lowest BCUT2D eigenvalue weighted by Gasteiger charge is -2.21. The van der Waals surface area contributed by atoms with Crippen molar-refractivity contribution in [1.82, 2.24) is 5.32 Å².